The van der Waals surface area contributed by atoms with Crippen molar-refractivity contribution in [1.29, 1.82) is 0 Å². The highest BCUT2D eigenvalue weighted by atomic mass is 16.6. The van der Waals surface area contributed by atoms with Crippen molar-refractivity contribution in [3.8, 4) is 5.75 Å². The minimum atomic E-state index is 0.0412. The van der Waals surface area contributed by atoms with Crippen molar-refractivity contribution in [3.05, 3.63) is 29.3 Å². The molecule has 2 aliphatic heterocycles. The highest BCUT2D eigenvalue weighted by molar-refractivity contribution is 6.01. The van der Waals surface area contributed by atoms with Gasteiger partial charge in [-0.2, -0.15) is 0 Å². The molecule has 1 aromatic carbocycles. The van der Waals surface area contributed by atoms with Crippen LogP contribution in [0.2, 0.25) is 0 Å². The Balaban J connectivity index is 1.85. The van der Waals surface area contributed by atoms with E-state index in [9.17, 15) is 0 Å². The number of ether oxygens (including phenoxy) is 1. The van der Waals surface area contributed by atoms with Gasteiger partial charge in [-0.05, 0) is 29.3 Å². The van der Waals surface area contributed by atoms with Gasteiger partial charge in [-0.25, -0.2) is 0 Å². The number of rotatable bonds is 2. The molecule has 2 heterocycles. The molecule has 0 saturated carbocycles. The molecular formula is C12H14N2O2. The number of hydrogen-bond acceptors (Lipinski definition) is 4. The van der Waals surface area contributed by atoms with Crippen molar-refractivity contribution in [2.24, 2.45) is 10.9 Å². The van der Waals surface area contributed by atoms with Crippen LogP contribution < -0.4 is 10.5 Å². The van der Waals surface area contributed by atoms with E-state index >= 15 is 0 Å². The highest BCUT2D eigenvalue weighted by Crippen LogP contribution is 2.27. The summed E-state index contributed by atoms with van der Waals surface area (Å²) in [7, 11) is 0. The van der Waals surface area contributed by atoms with E-state index in [-0.39, 0.29) is 6.10 Å². The van der Waals surface area contributed by atoms with Crippen molar-refractivity contribution < 1.29 is 9.57 Å². The van der Waals surface area contributed by atoms with E-state index in [0.29, 0.717) is 6.54 Å². The first-order chi connectivity index (χ1) is 7.86. The lowest BCUT2D eigenvalue weighted by Gasteiger charge is -2.03. The van der Waals surface area contributed by atoms with E-state index in [1.54, 1.807) is 0 Å². The summed E-state index contributed by atoms with van der Waals surface area (Å²) in [4.78, 5) is 5.22. The summed E-state index contributed by atoms with van der Waals surface area (Å²) in [6, 6.07) is 6.19. The molecule has 16 heavy (non-hydrogen) atoms. The van der Waals surface area contributed by atoms with Crippen LogP contribution in [0, 0.1) is 0 Å². The lowest BCUT2D eigenvalue weighted by Crippen LogP contribution is -2.20. The zero-order valence-corrected chi connectivity index (χ0v) is 8.98. The van der Waals surface area contributed by atoms with Crippen molar-refractivity contribution in [2.75, 3.05) is 13.2 Å². The smallest absolute Gasteiger partial charge is 0.145 e. The fourth-order valence-corrected chi connectivity index (χ4v) is 2.09. The number of benzene rings is 1. The second-order valence-corrected chi connectivity index (χ2v) is 4.13. The van der Waals surface area contributed by atoms with Crippen LogP contribution in [-0.2, 0) is 11.3 Å². The molecule has 1 unspecified atom stereocenters. The van der Waals surface area contributed by atoms with Gasteiger partial charge in [0.15, 0.2) is 0 Å². The Labute approximate surface area is 94.0 Å². The molecular weight excluding hydrogens is 204 g/mol. The summed E-state index contributed by atoms with van der Waals surface area (Å²) in [5.74, 6) is 0.999. The molecule has 1 atom stereocenters. The molecule has 2 N–H and O–H groups in total. The lowest BCUT2D eigenvalue weighted by atomic mass is 10.0. The van der Waals surface area contributed by atoms with E-state index in [0.717, 1.165) is 36.5 Å². The quantitative estimate of drug-likeness (QED) is 0.808. The second-order valence-electron chi connectivity index (χ2n) is 4.13. The molecule has 0 saturated heterocycles. The molecule has 4 nitrogen and oxygen atoms in total. The maximum atomic E-state index is 5.55. The molecule has 0 aliphatic carbocycles. The van der Waals surface area contributed by atoms with Gasteiger partial charge in [-0.1, -0.05) is 5.16 Å². The van der Waals surface area contributed by atoms with Crippen LogP contribution in [-0.4, -0.2) is 25.0 Å². The van der Waals surface area contributed by atoms with Gasteiger partial charge in [0.05, 0.1) is 12.3 Å². The summed E-state index contributed by atoms with van der Waals surface area (Å²) >= 11 is 0. The first kappa shape index (κ1) is 9.66. The normalized spacial score (nSPS) is 22.3. The van der Waals surface area contributed by atoms with Crippen LogP contribution in [0.25, 0.3) is 0 Å². The zero-order chi connectivity index (χ0) is 11.0. The molecule has 84 valence electrons. The van der Waals surface area contributed by atoms with Crippen molar-refractivity contribution >= 4 is 5.71 Å². The van der Waals surface area contributed by atoms with E-state index in [4.69, 9.17) is 15.3 Å². The number of nitrogens with two attached hydrogens (primary N) is 1. The third-order valence-corrected chi connectivity index (χ3v) is 3.02. The van der Waals surface area contributed by atoms with Gasteiger partial charge in [0.25, 0.3) is 0 Å². The monoisotopic (exact) mass is 218 g/mol. The van der Waals surface area contributed by atoms with Gasteiger partial charge in [0.2, 0.25) is 0 Å². The van der Waals surface area contributed by atoms with E-state index in [2.05, 4.69) is 11.2 Å². The molecule has 0 amide bonds. The highest BCUT2D eigenvalue weighted by Gasteiger charge is 2.22. The average molecular weight is 218 g/mol. The number of oxime groups is 1. The summed E-state index contributed by atoms with van der Waals surface area (Å²) in [6.45, 7) is 1.30. The van der Waals surface area contributed by atoms with Gasteiger partial charge in [0, 0.05) is 19.4 Å². The van der Waals surface area contributed by atoms with Crippen LogP contribution in [0.3, 0.4) is 0 Å². The van der Waals surface area contributed by atoms with Crippen LogP contribution in [0.15, 0.2) is 23.4 Å². The number of nitrogens with zero attached hydrogens (tertiary/aromatic N) is 1. The standard InChI is InChI=1S/C12H14N2O2/c13-7-10-6-11(14-16-10)8-1-2-12-9(5-8)3-4-15-12/h1-2,5,10H,3-4,6-7,13H2. The van der Waals surface area contributed by atoms with Crippen molar-refractivity contribution in [1.82, 2.24) is 0 Å². The molecule has 0 bridgehead atoms. The molecule has 3 rings (SSSR count). The molecule has 0 aromatic heterocycles. The minimum absolute atomic E-state index is 0.0412. The SMILES string of the molecule is NCC1CC(c2ccc3c(c2)CCO3)=NO1. The maximum Gasteiger partial charge on any atom is 0.145 e. The van der Waals surface area contributed by atoms with Crippen LogP contribution >= 0.6 is 0 Å². The zero-order valence-electron chi connectivity index (χ0n) is 8.98. The number of hydrogen-bond donors (Lipinski definition) is 1. The average Bonchev–Trinajstić information content (AvgIpc) is 2.96. The largest absolute Gasteiger partial charge is 0.493 e. The molecule has 4 heteroatoms. The predicted molar refractivity (Wildman–Crippen MR) is 60.7 cm³/mol. The van der Waals surface area contributed by atoms with Gasteiger partial charge < -0.3 is 15.3 Å². The van der Waals surface area contributed by atoms with E-state index in [1.807, 2.05) is 12.1 Å². The third kappa shape index (κ3) is 1.55. The van der Waals surface area contributed by atoms with Gasteiger partial charge in [-0.15, -0.1) is 0 Å². The van der Waals surface area contributed by atoms with Gasteiger partial charge in [0.1, 0.15) is 11.9 Å². The Kier molecular flexibility index (Phi) is 2.29. The summed E-state index contributed by atoms with van der Waals surface area (Å²) in [5, 5.41) is 4.08. The predicted octanol–water partition coefficient (Wildman–Crippen LogP) is 1.07. The summed E-state index contributed by atoms with van der Waals surface area (Å²) in [6.07, 6.45) is 1.83. The lowest BCUT2D eigenvalue weighted by molar-refractivity contribution is 0.0918. The molecule has 0 fully saturated rings. The topological polar surface area (TPSA) is 56.8 Å². The molecule has 0 radical (unpaired) electrons. The minimum Gasteiger partial charge on any atom is -0.493 e. The Morgan fingerprint density at radius 3 is 3.19 bits per heavy atom. The van der Waals surface area contributed by atoms with Gasteiger partial charge >= 0.3 is 0 Å². The van der Waals surface area contributed by atoms with E-state index < -0.39 is 0 Å². The Bertz CT molecular complexity index is 443. The second kappa shape index (κ2) is 3.79. The Morgan fingerprint density at radius 2 is 2.38 bits per heavy atom. The summed E-state index contributed by atoms with van der Waals surface area (Å²) in [5.41, 5.74) is 8.92. The Morgan fingerprint density at radius 1 is 1.44 bits per heavy atom. The first-order valence-corrected chi connectivity index (χ1v) is 5.55. The Hall–Kier alpha value is -1.55. The van der Waals surface area contributed by atoms with E-state index in [1.165, 1.54) is 5.56 Å². The van der Waals surface area contributed by atoms with Gasteiger partial charge in [-0.3, -0.25) is 0 Å². The maximum absolute atomic E-state index is 5.55. The number of fused-ring (bicyclic) bond motifs is 1. The summed E-state index contributed by atoms with van der Waals surface area (Å²) < 4.78 is 5.47. The molecule has 1 aromatic rings. The molecule has 0 spiro atoms. The van der Waals surface area contributed by atoms with Crippen molar-refractivity contribution in [3.63, 3.8) is 0 Å². The van der Waals surface area contributed by atoms with Crippen LogP contribution in [0.4, 0.5) is 0 Å². The van der Waals surface area contributed by atoms with Crippen LogP contribution in [0.5, 0.6) is 5.75 Å². The fourth-order valence-electron chi connectivity index (χ4n) is 2.09. The third-order valence-electron chi connectivity index (χ3n) is 3.02. The molecule has 2 aliphatic rings. The fraction of sp³-hybridized carbons (Fsp3) is 0.417. The van der Waals surface area contributed by atoms with Crippen LogP contribution in [0.1, 0.15) is 17.5 Å². The van der Waals surface area contributed by atoms with Crippen molar-refractivity contribution in [2.45, 2.75) is 18.9 Å². The first-order valence-electron chi connectivity index (χ1n) is 5.55.